The third kappa shape index (κ3) is 3.53. The van der Waals surface area contributed by atoms with Crippen LogP contribution < -0.4 is 4.72 Å². The Bertz CT molecular complexity index is 856. The van der Waals surface area contributed by atoms with Crippen LogP contribution in [-0.4, -0.2) is 28.2 Å². The minimum absolute atomic E-state index is 0.0907. The summed E-state index contributed by atoms with van der Waals surface area (Å²) in [4.78, 5) is -0.162. The molecular formula is C13H13NO5S2. The average Bonchev–Trinajstić information content (AvgIpc) is 2.38. The monoisotopic (exact) mass is 327 g/mol. The first-order valence-electron chi connectivity index (χ1n) is 5.81. The summed E-state index contributed by atoms with van der Waals surface area (Å²) in [6.07, 6.45) is 1.06. The van der Waals surface area contributed by atoms with Crippen LogP contribution in [0, 0.1) is 0 Å². The SMILES string of the molecule is CS(=O)(=O)c1ccc(NS(=O)(=O)c2ccccc2O)cc1. The molecular weight excluding hydrogens is 314 g/mol. The number of sulfone groups is 1. The first-order chi connectivity index (χ1) is 9.70. The molecule has 0 aliphatic heterocycles. The molecule has 0 saturated heterocycles. The van der Waals surface area contributed by atoms with Crippen molar-refractivity contribution in [2.45, 2.75) is 9.79 Å². The molecule has 0 unspecified atom stereocenters. The number of benzene rings is 2. The van der Waals surface area contributed by atoms with Crippen LogP contribution in [0.3, 0.4) is 0 Å². The second-order valence-electron chi connectivity index (χ2n) is 4.37. The van der Waals surface area contributed by atoms with Crippen molar-refractivity contribution in [1.29, 1.82) is 0 Å². The fourth-order valence-corrected chi connectivity index (χ4v) is 3.45. The normalized spacial score (nSPS) is 12.0. The smallest absolute Gasteiger partial charge is 0.265 e. The molecule has 2 rings (SSSR count). The van der Waals surface area contributed by atoms with Gasteiger partial charge in [0.1, 0.15) is 10.6 Å². The molecule has 0 fully saturated rings. The van der Waals surface area contributed by atoms with Crippen LogP contribution in [0.25, 0.3) is 0 Å². The van der Waals surface area contributed by atoms with Crippen molar-refractivity contribution in [3.05, 3.63) is 48.5 Å². The van der Waals surface area contributed by atoms with Crippen LogP contribution in [0.1, 0.15) is 0 Å². The van der Waals surface area contributed by atoms with Crippen LogP contribution >= 0.6 is 0 Å². The molecule has 2 aromatic rings. The zero-order valence-electron chi connectivity index (χ0n) is 11.0. The molecule has 6 nitrogen and oxygen atoms in total. The Morgan fingerprint density at radius 2 is 1.48 bits per heavy atom. The molecule has 2 N–H and O–H groups in total. The lowest BCUT2D eigenvalue weighted by molar-refractivity contribution is 0.459. The van der Waals surface area contributed by atoms with Gasteiger partial charge in [-0.15, -0.1) is 0 Å². The summed E-state index contributed by atoms with van der Waals surface area (Å²) in [6.45, 7) is 0. The van der Waals surface area contributed by atoms with E-state index < -0.39 is 19.9 Å². The molecule has 0 bridgehead atoms. The molecule has 112 valence electrons. The zero-order valence-corrected chi connectivity index (χ0v) is 12.6. The molecule has 0 aliphatic carbocycles. The number of hydrogen-bond acceptors (Lipinski definition) is 5. The van der Waals surface area contributed by atoms with Crippen molar-refractivity contribution in [2.75, 3.05) is 11.0 Å². The van der Waals surface area contributed by atoms with Crippen LogP contribution in [0.4, 0.5) is 5.69 Å². The lowest BCUT2D eigenvalue weighted by atomic mass is 10.3. The topological polar surface area (TPSA) is 101 Å². The maximum atomic E-state index is 12.1. The van der Waals surface area contributed by atoms with Crippen LogP contribution in [-0.2, 0) is 19.9 Å². The number of rotatable bonds is 4. The highest BCUT2D eigenvalue weighted by atomic mass is 32.2. The Labute approximate surface area is 123 Å². The predicted molar refractivity (Wildman–Crippen MR) is 78.5 cm³/mol. The highest BCUT2D eigenvalue weighted by molar-refractivity contribution is 7.92. The summed E-state index contributed by atoms with van der Waals surface area (Å²) in [5.41, 5.74) is 0.200. The molecule has 8 heteroatoms. The number of nitrogens with one attached hydrogen (secondary N) is 1. The molecule has 0 radical (unpaired) electrons. The van der Waals surface area contributed by atoms with Crippen molar-refractivity contribution >= 4 is 25.5 Å². The number of hydrogen-bond donors (Lipinski definition) is 2. The Balaban J connectivity index is 2.32. The van der Waals surface area contributed by atoms with Crippen molar-refractivity contribution < 1.29 is 21.9 Å². The number of phenolic OH excluding ortho intramolecular Hbond substituents is 1. The lowest BCUT2D eigenvalue weighted by Crippen LogP contribution is -2.13. The highest BCUT2D eigenvalue weighted by Gasteiger charge is 2.18. The second kappa shape index (κ2) is 5.38. The van der Waals surface area contributed by atoms with Gasteiger partial charge in [-0.2, -0.15) is 0 Å². The van der Waals surface area contributed by atoms with E-state index in [-0.39, 0.29) is 21.2 Å². The number of para-hydroxylation sites is 1. The van der Waals surface area contributed by atoms with Crippen LogP contribution in [0.2, 0.25) is 0 Å². The van der Waals surface area contributed by atoms with Crippen molar-refractivity contribution in [3.63, 3.8) is 0 Å². The molecule has 0 amide bonds. The lowest BCUT2D eigenvalue weighted by Gasteiger charge is -2.09. The molecule has 21 heavy (non-hydrogen) atoms. The van der Waals surface area contributed by atoms with Crippen LogP contribution in [0.5, 0.6) is 5.75 Å². The molecule has 0 heterocycles. The first kappa shape index (κ1) is 15.3. The number of anilines is 1. The van der Waals surface area contributed by atoms with Gasteiger partial charge in [-0.1, -0.05) is 12.1 Å². The fourth-order valence-electron chi connectivity index (χ4n) is 1.66. The van der Waals surface area contributed by atoms with Crippen LogP contribution in [0.15, 0.2) is 58.3 Å². The third-order valence-corrected chi connectivity index (χ3v) is 5.25. The average molecular weight is 327 g/mol. The molecule has 0 saturated carbocycles. The molecule has 0 aromatic heterocycles. The summed E-state index contributed by atoms with van der Waals surface area (Å²) in [5, 5.41) is 9.58. The van der Waals surface area contributed by atoms with E-state index in [1.807, 2.05) is 0 Å². The maximum Gasteiger partial charge on any atom is 0.265 e. The van der Waals surface area contributed by atoms with Gasteiger partial charge in [-0.25, -0.2) is 16.8 Å². The van der Waals surface area contributed by atoms with Gasteiger partial charge in [-0.3, -0.25) is 4.72 Å². The Hall–Kier alpha value is -2.06. The van der Waals surface area contributed by atoms with E-state index in [4.69, 9.17) is 0 Å². The molecule has 0 aliphatic rings. The Morgan fingerprint density at radius 3 is 2.00 bits per heavy atom. The predicted octanol–water partition coefficient (Wildman–Crippen LogP) is 1.60. The largest absolute Gasteiger partial charge is 0.507 e. The Morgan fingerprint density at radius 1 is 0.905 bits per heavy atom. The van der Waals surface area contributed by atoms with Gasteiger partial charge < -0.3 is 5.11 Å². The van der Waals surface area contributed by atoms with E-state index in [1.165, 1.54) is 48.5 Å². The van der Waals surface area contributed by atoms with Gasteiger partial charge in [-0.05, 0) is 36.4 Å². The standard InChI is InChI=1S/C13H13NO5S2/c1-20(16,17)11-8-6-10(7-9-11)14-21(18,19)13-5-3-2-4-12(13)15/h2-9,14-15H,1H3. The van der Waals surface area contributed by atoms with Crippen molar-refractivity contribution in [2.24, 2.45) is 0 Å². The van der Waals surface area contributed by atoms with E-state index >= 15 is 0 Å². The quantitative estimate of drug-likeness (QED) is 0.888. The minimum atomic E-state index is -3.94. The molecule has 0 spiro atoms. The first-order valence-corrected chi connectivity index (χ1v) is 9.18. The summed E-state index contributed by atoms with van der Waals surface area (Å²) >= 11 is 0. The summed E-state index contributed by atoms with van der Waals surface area (Å²) in [6, 6.07) is 10.8. The second-order valence-corrected chi connectivity index (χ2v) is 8.04. The van der Waals surface area contributed by atoms with Gasteiger partial charge in [0.2, 0.25) is 0 Å². The number of sulfonamides is 1. The third-order valence-electron chi connectivity index (χ3n) is 2.69. The fraction of sp³-hybridized carbons (Fsp3) is 0.0769. The summed E-state index contributed by atoms with van der Waals surface area (Å²) < 4.78 is 49.1. The Kier molecular flexibility index (Phi) is 3.93. The van der Waals surface area contributed by atoms with Gasteiger partial charge in [0.15, 0.2) is 9.84 Å². The minimum Gasteiger partial charge on any atom is -0.507 e. The zero-order chi connectivity index (χ0) is 15.7. The maximum absolute atomic E-state index is 12.1. The van der Waals surface area contributed by atoms with Crippen molar-refractivity contribution in [1.82, 2.24) is 0 Å². The molecule has 0 atom stereocenters. The van der Waals surface area contributed by atoms with Gasteiger partial charge in [0.05, 0.1) is 4.90 Å². The number of aromatic hydroxyl groups is 1. The van der Waals surface area contributed by atoms with E-state index in [1.54, 1.807) is 0 Å². The van der Waals surface area contributed by atoms with Gasteiger partial charge in [0, 0.05) is 11.9 Å². The van der Waals surface area contributed by atoms with Gasteiger partial charge in [0.25, 0.3) is 10.0 Å². The number of phenols is 1. The summed E-state index contributed by atoms with van der Waals surface area (Å²) in [7, 11) is -7.28. The summed E-state index contributed by atoms with van der Waals surface area (Å²) in [5.74, 6) is -0.363. The highest BCUT2D eigenvalue weighted by Crippen LogP contribution is 2.24. The molecule has 2 aromatic carbocycles. The van der Waals surface area contributed by atoms with E-state index in [0.717, 1.165) is 6.26 Å². The van der Waals surface area contributed by atoms with E-state index in [2.05, 4.69) is 4.72 Å². The van der Waals surface area contributed by atoms with E-state index in [9.17, 15) is 21.9 Å². The van der Waals surface area contributed by atoms with E-state index in [0.29, 0.717) is 0 Å². The van der Waals surface area contributed by atoms with Crippen molar-refractivity contribution in [3.8, 4) is 5.75 Å². The van der Waals surface area contributed by atoms with Gasteiger partial charge >= 0.3 is 0 Å².